The van der Waals surface area contributed by atoms with E-state index in [0.29, 0.717) is 10.7 Å². The second-order valence-corrected chi connectivity index (χ2v) is 6.19. The number of rotatable bonds is 7. The maximum absolute atomic E-state index is 9.03. The average Bonchev–Trinajstić information content (AvgIpc) is 3.00. The number of nitrogens with one attached hydrogen (secondary N) is 2. The summed E-state index contributed by atoms with van der Waals surface area (Å²) < 4.78 is 0. The highest BCUT2D eigenvalue weighted by atomic mass is 35.5. The summed E-state index contributed by atoms with van der Waals surface area (Å²) in [7, 11) is 0. The Labute approximate surface area is 146 Å². The third kappa shape index (κ3) is 4.14. The van der Waals surface area contributed by atoms with Crippen molar-refractivity contribution in [1.82, 2.24) is 15.3 Å². The molecule has 2 heterocycles. The lowest BCUT2D eigenvalue weighted by Crippen LogP contribution is -2.14. The van der Waals surface area contributed by atoms with Gasteiger partial charge in [-0.3, -0.25) is 0 Å². The van der Waals surface area contributed by atoms with E-state index in [4.69, 9.17) is 16.9 Å². The quantitative estimate of drug-likeness (QED) is 0.501. The number of fused-ring (bicyclic) bond motifs is 1. The van der Waals surface area contributed by atoms with E-state index < -0.39 is 0 Å². The molecule has 0 fully saturated rings. The number of hydrogen-bond donors (Lipinski definition) is 2. The number of aryl methyl sites for hydroxylation is 1. The van der Waals surface area contributed by atoms with E-state index in [9.17, 15) is 0 Å². The van der Waals surface area contributed by atoms with Gasteiger partial charge in [-0.1, -0.05) is 11.6 Å². The molecule has 0 saturated heterocycles. The van der Waals surface area contributed by atoms with Crippen LogP contribution in [0.4, 0.5) is 0 Å². The third-order valence-electron chi connectivity index (χ3n) is 4.07. The van der Waals surface area contributed by atoms with E-state index >= 15 is 0 Å². The largest absolute Gasteiger partial charge is 0.361 e. The van der Waals surface area contributed by atoms with Gasteiger partial charge in [0, 0.05) is 29.8 Å². The number of pyridine rings is 1. The first-order chi connectivity index (χ1) is 11.8. The van der Waals surface area contributed by atoms with Crippen LogP contribution in [0.25, 0.3) is 10.9 Å². The highest BCUT2D eigenvalue weighted by molar-refractivity contribution is 6.29. The van der Waals surface area contributed by atoms with Crippen LogP contribution in [-0.4, -0.2) is 16.5 Å². The van der Waals surface area contributed by atoms with Gasteiger partial charge in [-0.15, -0.1) is 0 Å². The summed E-state index contributed by atoms with van der Waals surface area (Å²) in [5, 5.41) is 14.1. The predicted octanol–water partition coefficient (Wildman–Crippen LogP) is 4.20. The highest BCUT2D eigenvalue weighted by Gasteiger charge is 2.04. The van der Waals surface area contributed by atoms with Gasteiger partial charge in [0.2, 0.25) is 0 Å². The van der Waals surface area contributed by atoms with Crippen molar-refractivity contribution in [2.45, 2.75) is 25.8 Å². The molecule has 4 nitrogen and oxygen atoms in total. The van der Waals surface area contributed by atoms with Gasteiger partial charge in [0.1, 0.15) is 5.15 Å². The number of hydrogen-bond acceptors (Lipinski definition) is 3. The molecule has 2 aromatic heterocycles. The second-order valence-electron chi connectivity index (χ2n) is 5.81. The van der Waals surface area contributed by atoms with Gasteiger partial charge in [-0.05, 0) is 67.3 Å². The van der Waals surface area contributed by atoms with Crippen molar-refractivity contribution in [2.75, 3.05) is 6.54 Å². The lowest BCUT2D eigenvalue weighted by molar-refractivity contribution is 0.623. The molecule has 5 heteroatoms. The second kappa shape index (κ2) is 7.96. The number of aromatic amines is 1. The van der Waals surface area contributed by atoms with Crippen LogP contribution in [-0.2, 0) is 13.0 Å². The smallest absolute Gasteiger partial charge is 0.129 e. The molecule has 3 aromatic rings. The standard InChI is InChI=1S/C19H19ClN4/c20-19-10-15(6-8-23-19)12-22-7-2-1-3-16-13-24-18-5-4-14(11-21)9-17(16)18/h4-6,8-10,13,22,24H,1-3,7,12H2. The van der Waals surface area contributed by atoms with E-state index in [1.807, 2.05) is 30.3 Å². The first kappa shape index (κ1) is 16.5. The molecule has 1 aromatic carbocycles. The Morgan fingerprint density at radius 2 is 2.12 bits per heavy atom. The number of halogens is 1. The van der Waals surface area contributed by atoms with Crippen molar-refractivity contribution < 1.29 is 0 Å². The van der Waals surface area contributed by atoms with Gasteiger partial charge in [0.15, 0.2) is 0 Å². The highest BCUT2D eigenvalue weighted by Crippen LogP contribution is 2.21. The van der Waals surface area contributed by atoms with Crippen LogP contribution in [0.1, 0.15) is 29.5 Å². The fourth-order valence-corrected chi connectivity index (χ4v) is 3.00. The van der Waals surface area contributed by atoms with Crippen molar-refractivity contribution in [3.05, 3.63) is 64.6 Å². The fraction of sp³-hybridized carbons (Fsp3) is 0.263. The minimum Gasteiger partial charge on any atom is -0.361 e. The van der Waals surface area contributed by atoms with Crippen molar-refractivity contribution in [3.8, 4) is 6.07 Å². The molecule has 24 heavy (non-hydrogen) atoms. The van der Waals surface area contributed by atoms with Gasteiger partial charge < -0.3 is 10.3 Å². The summed E-state index contributed by atoms with van der Waals surface area (Å²) in [4.78, 5) is 7.25. The van der Waals surface area contributed by atoms with E-state index in [1.165, 1.54) is 5.56 Å². The normalized spacial score (nSPS) is 10.8. The zero-order chi connectivity index (χ0) is 16.8. The van der Waals surface area contributed by atoms with Gasteiger partial charge >= 0.3 is 0 Å². The molecular weight excluding hydrogens is 320 g/mol. The molecule has 0 aliphatic rings. The molecule has 3 rings (SSSR count). The maximum Gasteiger partial charge on any atom is 0.129 e. The zero-order valence-corrected chi connectivity index (χ0v) is 14.1. The Kier molecular flexibility index (Phi) is 5.47. The Hall–Kier alpha value is -2.35. The number of unbranched alkanes of at least 4 members (excludes halogenated alkanes) is 1. The van der Waals surface area contributed by atoms with Crippen LogP contribution in [0.15, 0.2) is 42.7 Å². The zero-order valence-electron chi connectivity index (χ0n) is 13.3. The lowest BCUT2D eigenvalue weighted by Gasteiger charge is -2.05. The first-order valence-electron chi connectivity index (χ1n) is 8.07. The molecule has 0 radical (unpaired) electrons. The van der Waals surface area contributed by atoms with Gasteiger partial charge in [-0.2, -0.15) is 5.26 Å². The number of H-pyrrole nitrogens is 1. The Bertz CT molecular complexity index is 863. The van der Waals surface area contributed by atoms with Crippen LogP contribution >= 0.6 is 11.6 Å². The number of nitriles is 1. The lowest BCUT2D eigenvalue weighted by atomic mass is 10.1. The van der Waals surface area contributed by atoms with Crippen LogP contribution in [0.2, 0.25) is 5.15 Å². The topological polar surface area (TPSA) is 64.5 Å². The van der Waals surface area contributed by atoms with E-state index in [-0.39, 0.29) is 0 Å². The van der Waals surface area contributed by atoms with Crippen molar-refractivity contribution in [1.29, 1.82) is 5.26 Å². The van der Waals surface area contributed by atoms with Crippen LogP contribution in [0.5, 0.6) is 0 Å². The van der Waals surface area contributed by atoms with Gasteiger partial charge in [0.05, 0.1) is 11.6 Å². The van der Waals surface area contributed by atoms with Crippen molar-refractivity contribution in [3.63, 3.8) is 0 Å². The maximum atomic E-state index is 9.03. The molecule has 0 saturated carbocycles. The van der Waals surface area contributed by atoms with E-state index in [1.54, 1.807) is 6.20 Å². The summed E-state index contributed by atoms with van der Waals surface area (Å²) in [6.07, 6.45) is 7.00. The third-order valence-corrected chi connectivity index (χ3v) is 4.27. The number of nitrogens with zero attached hydrogens (tertiary/aromatic N) is 2. The summed E-state index contributed by atoms with van der Waals surface area (Å²) in [6, 6.07) is 11.8. The van der Waals surface area contributed by atoms with Gasteiger partial charge in [0.25, 0.3) is 0 Å². The SMILES string of the molecule is N#Cc1ccc2[nH]cc(CCCCNCc3ccnc(Cl)c3)c2c1. The van der Waals surface area contributed by atoms with Crippen LogP contribution in [0.3, 0.4) is 0 Å². The van der Waals surface area contributed by atoms with Crippen molar-refractivity contribution >= 4 is 22.5 Å². The van der Waals surface area contributed by atoms with E-state index in [2.05, 4.69) is 27.6 Å². The molecule has 0 spiro atoms. The predicted molar refractivity (Wildman–Crippen MR) is 96.9 cm³/mol. The first-order valence-corrected chi connectivity index (χ1v) is 8.45. The summed E-state index contributed by atoms with van der Waals surface area (Å²) in [5.74, 6) is 0. The molecule has 2 N–H and O–H groups in total. The minimum absolute atomic E-state index is 0.533. The summed E-state index contributed by atoms with van der Waals surface area (Å²) in [5.41, 5.74) is 4.23. The Morgan fingerprint density at radius 1 is 1.21 bits per heavy atom. The average molecular weight is 339 g/mol. The Balaban J connectivity index is 1.44. The monoisotopic (exact) mass is 338 g/mol. The van der Waals surface area contributed by atoms with Crippen molar-refractivity contribution in [2.24, 2.45) is 0 Å². The summed E-state index contributed by atoms with van der Waals surface area (Å²) in [6.45, 7) is 1.77. The van der Waals surface area contributed by atoms with E-state index in [0.717, 1.165) is 48.8 Å². The van der Waals surface area contributed by atoms with Crippen LogP contribution < -0.4 is 5.32 Å². The van der Waals surface area contributed by atoms with Crippen LogP contribution in [0, 0.1) is 11.3 Å². The summed E-state index contributed by atoms with van der Waals surface area (Å²) >= 11 is 5.87. The molecule has 0 aliphatic heterocycles. The number of aromatic nitrogens is 2. The molecule has 0 amide bonds. The molecule has 0 aliphatic carbocycles. The minimum atomic E-state index is 0.533. The molecule has 122 valence electrons. The fourth-order valence-electron chi connectivity index (χ4n) is 2.81. The molecular formula is C19H19ClN4. The molecule has 0 bridgehead atoms. The Morgan fingerprint density at radius 3 is 2.96 bits per heavy atom. The number of benzene rings is 1. The van der Waals surface area contributed by atoms with Gasteiger partial charge in [-0.25, -0.2) is 4.98 Å². The molecule has 0 unspecified atom stereocenters. The molecule has 0 atom stereocenters.